The highest BCUT2D eigenvalue weighted by Gasteiger charge is 2.24. The Bertz CT molecular complexity index is 1040. The van der Waals surface area contributed by atoms with E-state index in [0.29, 0.717) is 23.3 Å². The molecule has 3 aromatic rings. The van der Waals surface area contributed by atoms with Crippen LogP contribution in [0.2, 0.25) is 0 Å². The zero-order chi connectivity index (χ0) is 17.5. The summed E-state index contributed by atoms with van der Waals surface area (Å²) in [6, 6.07) is 4.72. The number of oxazole rings is 1. The first kappa shape index (κ1) is 16.3. The predicted molar refractivity (Wildman–Crippen MR) is 87.6 cm³/mol. The van der Waals surface area contributed by atoms with E-state index in [9.17, 15) is 13.2 Å². The molecule has 2 aromatic heterocycles. The summed E-state index contributed by atoms with van der Waals surface area (Å²) in [5.41, 5.74) is 1.52. The Balaban J connectivity index is 2.01. The second-order valence-corrected chi connectivity index (χ2v) is 7.08. The van der Waals surface area contributed by atoms with E-state index in [4.69, 9.17) is 8.94 Å². The van der Waals surface area contributed by atoms with E-state index >= 15 is 0 Å². The van der Waals surface area contributed by atoms with Gasteiger partial charge in [0.05, 0.1) is 11.2 Å². The Labute approximate surface area is 138 Å². The van der Waals surface area contributed by atoms with Crippen molar-refractivity contribution in [2.24, 2.45) is 0 Å². The van der Waals surface area contributed by atoms with Gasteiger partial charge in [-0.05, 0) is 32.4 Å². The topological polar surface area (TPSA) is 107 Å². The van der Waals surface area contributed by atoms with Crippen molar-refractivity contribution in [3.63, 3.8) is 0 Å². The number of nitrogens with zero attached hydrogens (tertiary/aromatic N) is 2. The van der Waals surface area contributed by atoms with Crippen molar-refractivity contribution in [1.82, 2.24) is 9.72 Å². The molecule has 24 heavy (non-hydrogen) atoms. The summed E-state index contributed by atoms with van der Waals surface area (Å²) in [7, 11) is -3.85. The van der Waals surface area contributed by atoms with Crippen LogP contribution >= 0.6 is 0 Å². The van der Waals surface area contributed by atoms with Gasteiger partial charge in [0.1, 0.15) is 5.69 Å². The van der Waals surface area contributed by atoms with Crippen molar-refractivity contribution >= 4 is 26.8 Å². The van der Waals surface area contributed by atoms with Crippen LogP contribution < -0.4 is 10.5 Å². The van der Waals surface area contributed by atoms with Crippen LogP contribution in [0.15, 0.2) is 36.8 Å². The number of hydrogen-bond donors (Lipinski definition) is 1. The highest BCUT2D eigenvalue weighted by atomic mass is 32.2. The number of rotatable bonds is 5. The summed E-state index contributed by atoms with van der Waals surface area (Å²) < 4.78 is 39.1. The summed E-state index contributed by atoms with van der Waals surface area (Å²) in [5.74, 6) is -0.251. The maximum atomic E-state index is 12.5. The first-order chi connectivity index (χ1) is 11.3. The molecule has 3 rings (SSSR count). The average Bonchev–Trinajstić information content (AvgIpc) is 2.99. The molecule has 0 saturated heterocycles. The van der Waals surface area contributed by atoms with Crippen LogP contribution in [0.3, 0.4) is 0 Å². The third kappa shape index (κ3) is 2.71. The Morgan fingerprint density at radius 2 is 2.04 bits per heavy atom. The van der Waals surface area contributed by atoms with E-state index in [2.05, 4.69) is 9.88 Å². The van der Waals surface area contributed by atoms with Crippen LogP contribution in [0.1, 0.15) is 24.8 Å². The molecule has 0 amide bonds. The van der Waals surface area contributed by atoms with E-state index in [1.807, 2.05) is 6.92 Å². The van der Waals surface area contributed by atoms with E-state index in [1.165, 1.54) is 17.6 Å². The number of fused-ring (bicyclic) bond motifs is 1. The predicted octanol–water partition coefficient (Wildman–Crippen LogP) is 2.41. The molecular weight excluding hydrogens is 334 g/mol. The van der Waals surface area contributed by atoms with Gasteiger partial charge in [0, 0.05) is 12.6 Å². The minimum Gasteiger partial charge on any atom is -0.408 e. The molecule has 0 atom stereocenters. The monoisotopic (exact) mass is 351 g/mol. The van der Waals surface area contributed by atoms with Gasteiger partial charge in [-0.25, -0.2) is 13.2 Å². The van der Waals surface area contributed by atoms with E-state index in [1.54, 1.807) is 19.1 Å². The molecule has 9 heteroatoms. The zero-order valence-electron chi connectivity index (χ0n) is 13.5. The molecule has 128 valence electrons. The SMILES string of the molecule is CCCn1c(=O)oc2cc(NS(=O)(=O)c3c(C)noc3C)ccc21. The first-order valence-corrected chi connectivity index (χ1v) is 8.91. The van der Waals surface area contributed by atoms with E-state index in [-0.39, 0.29) is 16.3 Å². The number of aromatic nitrogens is 2. The lowest BCUT2D eigenvalue weighted by Crippen LogP contribution is -2.14. The maximum absolute atomic E-state index is 12.5. The van der Waals surface area contributed by atoms with Gasteiger partial charge < -0.3 is 8.94 Å². The number of benzene rings is 1. The molecule has 0 spiro atoms. The number of nitrogens with one attached hydrogen (secondary N) is 1. The summed E-state index contributed by atoms with van der Waals surface area (Å²) in [6.07, 6.45) is 0.787. The standard InChI is InChI=1S/C15H17N3O5S/c1-4-7-18-12-6-5-11(8-13(12)22-15(18)19)17-24(20,21)14-9(2)16-23-10(14)3/h5-6,8,17H,4,7H2,1-3H3. The van der Waals surface area contributed by atoms with Crippen LogP contribution in [0.5, 0.6) is 0 Å². The number of hydrogen-bond acceptors (Lipinski definition) is 6. The van der Waals surface area contributed by atoms with Gasteiger partial charge >= 0.3 is 5.76 Å². The Morgan fingerprint density at radius 1 is 1.29 bits per heavy atom. The second-order valence-electron chi connectivity index (χ2n) is 5.46. The van der Waals surface area contributed by atoms with Crippen LogP contribution in [0.4, 0.5) is 5.69 Å². The highest BCUT2D eigenvalue weighted by molar-refractivity contribution is 7.92. The van der Waals surface area contributed by atoms with Crippen molar-refractivity contribution in [3.05, 3.63) is 40.2 Å². The molecule has 0 radical (unpaired) electrons. The molecule has 0 saturated carbocycles. The Kier molecular flexibility index (Phi) is 3.96. The van der Waals surface area contributed by atoms with Gasteiger partial charge in [0.2, 0.25) is 0 Å². The molecule has 0 aliphatic rings. The minimum atomic E-state index is -3.85. The lowest BCUT2D eigenvalue weighted by molar-refractivity contribution is 0.390. The van der Waals surface area contributed by atoms with Gasteiger partial charge in [-0.3, -0.25) is 9.29 Å². The van der Waals surface area contributed by atoms with Gasteiger partial charge in [0.15, 0.2) is 16.2 Å². The molecule has 0 aliphatic heterocycles. The quantitative estimate of drug-likeness (QED) is 0.756. The molecule has 1 aromatic carbocycles. The number of aryl methyl sites for hydroxylation is 3. The molecule has 0 aliphatic carbocycles. The van der Waals surface area contributed by atoms with Crippen molar-refractivity contribution < 1.29 is 17.4 Å². The average molecular weight is 351 g/mol. The molecule has 1 N–H and O–H groups in total. The van der Waals surface area contributed by atoms with Crippen LogP contribution in [0.25, 0.3) is 11.1 Å². The van der Waals surface area contributed by atoms with Crippen LogP contribution in [-0.2, 0) is 16.6 Å². The number of anilines is 1. The molecular formula is C15H17N3O5S. The fourth-order valence-electron chi connectivity index (χ4n) is 2.63. The maximum Gasteiger partial charge on any atom is 0.419 e. The molecule has 0 bridgehead atoms. The number of sulfonamides is 1. The van der Waals surface area contributed by atoms with Gasteiger partial charge in [-0.15, -0.1) is 0 Å². The van der Waals surface area contributed by atoms with Crippen molar-refractivity contribution in [2.75, 3.05) is 4.72 Å². The van der Waals surface area contributed by atoms with Crippen molar-refractivity contribution in [2.45, 2.75) is 38.6 Å². The fourth-order valence-corrected chi connectivity index (χ4v) is 4.01. The normalized spacial score (nSPS) is 12.0. The largest absolute Gasteiger partial charge is 0.419 e. The first-order valence-electron chi connectivity index (χ1n) is 7.42. The lowest BCUT2D eigenvalue weighted by atomic mass is 10.3. The van der Waals surface area contributed by atoms with Gasteiger partial charge in [0.25, 0.3) is 10.0 Å². The third-order valence-electron chi connectivity index (χ3n) is 3.60. The fraction of sp³-hybridized carbons (Fsp3) is 0.333. The molecule has 2 heterocycles. The Morgan fingerprint density at radius 3 is 2.67 bits per heavy atom. The van der Waals surface area contributed by atoms with Gasteiger partial charge in [-0.1, -0.05) is 12.1 Å². The summed E-state index contributed by atoms with van der Waals surface area (Å²) in [6.45, 7) is 5.58. The highest BCUT2D eigenvalue weighted by Crippen LogP contribution is 2.24. The van der Waals surface area contributed by atoms with Crippen LogP contribution in [0, 0.1) is 13.8 Å². The minimum absolute atomic E-state index is 0.00704. The summed E-state index contributed by atoms with van der Waals surface area (Å²) in [4.78, 5) is 11.8. The summed E-state index contributed by atoms with van der Waals surface area (Å²) >= 11 is 0. The molecule has 8 nitrogen and oxygen atoms in total. The van der Waals surface area contributed by atoms with Crippen LogP contribution in [-0.4, -0.2) is 18.1 Å². The summed E-state index contributed by atoms with van der Waals surface area (Å²) in [5, 5.41) is 3.65. The van der Waals surface area contributed by atoms with Gasteiger partial charge in [-0.2, -0.15) is 0 Å². The molecule has 0 fully saturated rings. The zero-order valence-corrected chi connectivity index (χ0v) is 14.3. The smallest absolute Gasteiger partial charge is 0.408 e. The molecule has 0 unspecified atom stereocenters. The Hall–Kier alpha value is -2.55. The second kappa shape index (κ2) is 5.82. The van der Waals surface area contributed by atoms with E-state index in [0.717, 1.165) is 6.42 Å². The van der Waals surface area contributed by atoms with Crippen molar-refractivity contribution in [1.29, 1.82) is 0 Å². The van der Waals surface area contributed by atoms with E-state index < -0.39 is 15.8 Å². The van der Waals surface area contributed by atoms with Crippen molar-refractivity contribution in [3.8, 4) is 0 Å². The lowest BCUT2D eigenvalue weighted by Gasteiger charge is -2.07. The third-order valence-corrected chi connectivity index (χ3v) is 5.23.